The molecule has 31 heavy (non-hydrogen) atoms. The number of morpholine rings is 1. The number of ether oxygens (including phenoxy) is 3. The van der Waals surface area contributed by atoms with Crippen molar-refractivity contribution in [2.45, 2.75) is 52.4 Å². The average Bonchev–Trinajstić information content (AvgIpc) is 2.69. The van der Waals surface area contributed by atoms with Crippen LogP contribution in [-0.4, -0.2) is 52.4 Å². The second-order valence-electron chi connectivity index (χ2n) is 8.55. The van der Waals surface area contributed by atoms with E-state index in [9.17, 15) is 4.79 Å². The summed E-state index contributed by atoms with van der Waals surface area (Å²) in [4.78, 5) is 22.5. The molecule has 1 aliphatic heterocycles. The molecule has 1 saturated heterocycles. The van der Waals surface area contributed by atoms with Crippen LogP contribution in [-0.2, 0) is 9.47 Å². The molecule has 3 rings (SSSR count). The van der Waals surface area contributed by atoms with E-state index in [0.717, 1.165) is 11.3 Å². The van der Waals surface area contributed by atoms with E-state index in [1.54, 1.807) is 4.90 Å². The van der Waals surface area contributed by atoms with Crippen molar-refractivity contribution in [1.29, 1.82) is 0 Å². The molecule has 2 aromatic rings. The third-order valence-corrected chi connectivity index (χ3v) is 4.60. The van der Waals surface area contributed by atoms with E-state index in [2.05, 4.69) is 15.3 Å². The lowest BCUT2D eigenvalue weighted by Crippen LogP contribution is -2.44. The fraction of sp³-hybridized carbons (Fsp3) is 0.500. The standard InChI is InChI=1S/C22H29ClN4O4/c1-14(2)30-20-24-12-17(23)19(26-20)25-16-8-6-15(7-9-16)18-13-27(10-11-29-18)21(28)31-22(3,4)5/h6-9,12,14,18H,10-11,13H2,1-5H3,(H,24,25,26). The summed E-state index contributed by atoms with van der Waals surface area (Å²) in [7, 11) is 0. The van der Waals surface area contributed by atoms with Gasteiger partial charge in [-0.15, -0.1) is 0 Å². The molecule has 2 heterocycles. The number of amides is 1. The maximum atomic E-state index is 12.4. The van der Waals surface area contributed by atoms with Crippen molar-refractivity contribution < 1.29 is 19.0 Å². The zero-order chi connectivity index (χ0) is 22.6. The number of nitrogens with one attached hydrogen (secondary N) is 1. The Morgan fingerprint density at radius 2 is 2.00 bits per heavy atom. The first-order chi connectivity index (χ1) is 14.6. The maximum Gasteiger partial charge on any atom is 0.410 e. The van der Waals surface area contributed by atoms with Crippen molar-refractivity contribution >= 4 is 29.2 Å². The number of hydrogen-bond donors (Lipinski definition) is 1. The summed E-state index contributed by atoms with van der Waals surface area (Å²) in [5.41, 5.74) is 1.25. The van der Waals surface area contributed by atoms with Crippen LogP contribution in [0.4, 0.5) is 16.3 Å². The molecule has 1 fully saturated rings. The molecule has 1 aromatic carbocycles. The number of anilines is 2. The predicted molar refractivity (Wildman–Crippen MR) is 119 cm³/mol. The van der Waals surface area contributed by atoms with Crippen molar-refractivity contribution in [3.63, 3.8) is 0 Å². The van der Waals surface area contributed by atoms with Gasteiger partial charge >= 0.3 is 12.1 Å². The largest absolute Gasteiger partial charge is 0.461 e. The molecular weight excluding hydrogens is 420 g/mol. The predicted octanol–water partition coefficient (Wildman–Crippen LogP) is 4.97. The molecule has 1 atom stereocenters. The lowest BCUT2D eigenvalue weighted by molar-refractivity contribution is -0.0432. The molecule has 0 spiro atoms. The maximum absolute atomic E-state index is 12.4. The molecular formula is C22H29ClN4O4. The first-order valence-electron chi connectivity index (χ1n) is 10.3. The van der Waals surface area contributed by atoms with Crippen molar-refractivity contribution in [3.05, 3.63) is 41.0 Å². The van der Waals surface area contributed by atoms with Gasteiger partial charge in [-0.05, 0) is 52.3 Å². The molecule has 8 nitrogen and oxygen atoms in total. The molecule has 0 bridgehead atoms. The summed E-state index contributed by atoms with van der Waals surface area (Å²) >= 11 is 6.21. The molecule has 1 unspecified atom stereocenters. The van der Waals surface area contributed by atoms with Gasteiger partial charge in [-0.25, -0.2) is 9.78 Å². The number of nitrogens with zero attached hydrogens (tertiary/aromatic N) is 3. The van der Waals surface area contributed by atoms with E-state index in [1.165, 1.54) is 6.20 Å². The monoisotopic (exact) mass is 448 g/mol. The van der Waals surface area contributed by atoms with E-state index >= 15 is 0 Å². The smallest absolute Gasteiger partial charge is 0.410 e. The van der Waals surface area contributed by atoms with Crippen LogP contribution >= 0.6 is 11.6 Å². The van der Waals surface area contributed by atoms with E-state index in [1.807, 2.05) is 58.9 Å². The molecule has 0 aliphatic carbocycles. The summed E-state index contributed by atoms with van der Waals surface area (Å²) in [6.07, 6.45) is 0.925. The first kappa shape index (κ1) is 23.1. The zero-order valence-electron chi connectivity index (χ0n) is 18.5. The lowest BCUT2D eigenvalue weighted by Gasteiger charge is -2.34. The Kier molecular flexibility index (Phi) is 7.23. The van der Waals surface area contributed by atoms with Crippen molar-refractivity contribution in [1.82, 2.24) is 14.9 Å². The Hall–Kier alpha value is -2.58. The lowest BCUT2D eigenvalue weighted by atomic mass is 10.1. The van der Waals surface area contributed by atoms with Crippen LogP contribution in [0.2, 0.25) is 5.02 Å². The highest BCUT2D eigenvalue weighted by Crippen LogP contribution is 2.28. The minimum atomic E-state index is -0.527. The van der Waals surface area contributed by atoms with Gasteiger partial charge in [0.15, 0.2) is 5.82 Å². The summed E-state index contributed by atoms with van der Waals surface area (Å²) in [6, 6.07) is 7.98. The number of carbonyl (C=O) groups excluding carboxylic acids is 1. The summed E-state index contributed by atoms with van der Waals surface area (Å²) in [5, 5.41) is 3.57. The van der Waals surface area contributed by atoms with Gasteiger partial charge < -0.3 is 24.4 Å². The quantitative estimate of drug-likeness (QED) is 0.691. The second kappa shape index (κ2) is 9.70. The van der Waals surface area contributed by atoms with Gasteiger partial charge in [0.1, 0.15) is 16.7 Å². The number of halogens is 1. The zero-order valence-corrected chi connectivity index (χ0v) is 19.3. The topological polar surface area (TPSA) is 85.8 Å². The van der Waals surface area contributed by atoms with Crippen LogP contribution < -0.4 is 10.1 Å². The number of hydrogen-bond acceptors (Lipinski definition) is 7. The molecule has 0 saturated carbocycles. The fourth-order valence-corrected chi connectivity index (χ4v) is 3.11. The second-order valence-corrected chi connectivity index (χ2v) is 8.96. The van der Waals surface area contributed by atoms with Crippen LogP contribution in [0.3, 0.4) is 0 Å². The summed E-state index contributed by atoms with van der Waals surface area (Å²) < 4.78 is 16.9. The van der Waals surface area contributed by atoms with Gasteiger partial charge in [0.25, 0.3) is 0 Å². The SMILES string of the molecule is CC(C)Oc1ncc(Cl)c(Nc2ccc(C3CN(C(=O)OC(C)(C)C)CCO3)cc2)n1. The Bertz CT molecular complexity index is 899. The number of benzene rings is 1. The third-order valence-electron chi connectivity index (χ3n) is 4.33. The number of rotatable bonds is 5. The number of aromatic nitrogens is 2. The van der Waals surface area contributed by atoms with Gasteiger partial charge in [-0.2, -0.15) is 4.98 Å². The molecule has 1 amide bonds. The third kappa shape index (κ3) is 6.70. The van der Waals surface area contributed by atoms with Gasteiger partial charge in [0.2, 0.25) is 0 Å². The van der Waals surface area contributed by atoms with Gasteiger partial charge in [-0.3, -0.25) is 0 Å². The fourth-order valence-electron chi connectivity index (χ4n) is 2.97. The normalized spacial score (nSPS) is 16.9. The Labute approximate surface area is 187 Å². The van der Waals surface area contributed by atoms with Gasteiger partial charge in [0.05, 0.1) is 25.5 Å². The Balaban J connectivity index is 1.66. The van der Waals surface area contributed by atoms with Gasteiger partial charge in [-0.1, -0.05) is 23.7 Å². The molecule has 1 aromatic heterocycles. The van der Waals surface area contributed by atoms with Crippen molar-refractivity contribution in [2.75, 3.05) is 25.0 Å². The van der Waals surface area contributed by atoms with Crippen LogP contribution in [0.5, 0.6) is 6.01 Å². The van der Waals surface area contributed by atoms with E-state index < -0.39 is 5.60 Å². The highest BCUT2D eigenvalue weighted by molar-refractivity contribution is 6.32. The minimum Gasteiger partial charge on any atom is -0.461 e. The molecule has 0 radical (unpaired) electrons. The minimum absolute atomic E-state index is 0.0379. The Morgan fingerprint density at radius 1 is 1.29 bits per heavy atom. The van der Waals surface area contributed by atoms with Gasteiger partial charge in [0, 0.05) is 12.2 Å². The Morgan fingerprint density at radius 3 is 2.65 bits per heavy atom. The van der Waals surface area contributed by atoms with Crippen LogP contribution in [0.1, 0.15) is 46.3 Å². The van der Waals surface area contributed by atoms with E-state index in [0.29, 0.717) is 30.5 Å². The average molecular weight is 449 g/mol. The molecule has 1 N–H and O–H groups in total. The van der Waals surface area contributed by atoms with Crippen molar-refractivity contribution in [2.24, 2.45) is 0 Å². The first-order valence-corrected chi connectivity index (χ1v) is 10.6. The van der Waals surface area contributed by atoms with Crippen LogP contribution in [0.25, 0.3) is 0 Å². The highest BCUT2D eigenvalue weighted by atomic mass is 35.5. The van der Waals surface area contributed by atoms with E-state index in [4.69, 9.17) is 25.8 Å². The summed E-state index contributed by atoms with van der Waals surface area (Å²) in [6.45, 7) is 10.8. The molecule has 168 valence electrons. The van der Waals surface area contributed by atoms with Crippen LogP contribution in [0, 0.1) is 0 Å². The number of carbonyl (C=O) groups is 1. The summed E-state index contributed by atoms with van der Waals surface area (Å²) in [5.74, 6) is 0.463. The van der Waals surface area contributed by atoms with Crippen LogP contribution in [0.15, 0.2) is 30.5 Å². The van der Waals surface area contributed by atoms with Crippen molar-refractivity contribution in [3.8, 4) is 6.01 Å². The molecule has 1 aliphatic rings. The highest BCUT2D eigenvalue weighted by Gasteiger charge is 2.28. The van der Waals surface area contributed by atoms with E-state index in [-0.39, 0.29) is 24.3 Å². The molecule has 9 heteroatoms.